The van der Waals surface area contributed by atoms with Crippen molar-refractivity contribution in [2.24, 2.45) is 5.10 Å². The zero-order valence-corrected chi connectivity index (χ0v) is 13.5. The summed E-state index contributed by atoms with van der Waals surface area (Å²) in [4.78, 5) is 12.0. The van der Waals surface area contributed by atoms with Crippen LogP contribution < -0.4 is 19.6 Å². The Kier molecular flexibility index (Phi) is 4.65. The molecule has 0 aromatic heterocycles. The number of benzene rings is 2. The Morgan fingerprint density at radius 2 is 1.92 bits per heavy atom. The Hall–Kier alpha value is -3.02. The average Bonchev–Trinajstić information content (AvgIpc) is 3.08. The van der Waals surface area contributed by atoms with Crippen LogP contribution >= 0.6 is 0 Å². The van der Waals surface area contributed by atoms with E-state index in [2.05, 4.69) is 10.5 Å². The average molecular weight is 326 g/mol. The van der Waals surface area contributed by atoms with Gasteiger partial charge in [-0.25, -0.2) is 5.43 Å². The molecule has 124 valence electrons. The number of carbonyl (C=O) groups excluding carboxylic acids is 1. The summed E-state index contributed by atoms with van der Waals surface area (Å²) in [5.41, 5.74) is 5.02. The summed E-state index contributed by atoms with van der Waals surface area (Å²) in [6.45, 7) is 2.05. The van der Waals surface area contributed by atoms with Gasteiger partial charge in [-0.05, 0) is 42.8 Å². The van der Waals surface area contributed by atoms with Crippen LogP contribution in [-0.4, -0.2) is 25.5 Å². The van der Waals surface area contributed by atoms with E-state index in [4.69, 9.17) is 14.2 Å². The highest BCUT2D eigenvalue weighted by Gasteiger charge is 2.14. The lowest BCUT2D eigenvalue weighted by molar-refractivity contribution is -0.120. The molecule has 2 aromatic rings. The lowest BCUT2D eigenvalue weighted by Crippen LogP contribution is -2.21. The summed E-state index contributed by atoms with van der Waals surface area (Å²) in [6.07, 6.45) is 0.252. The molecule has 6 nitrogen and oxygen atoms in total. The third kappa shape index (κ3) is 3.65. The van der Waals surface area contributed by atoms with Gasteiger partial charge in [0, 0.05) is 5.56 Å². The number of hydrogen-bond donors (Lipinski definition) is 1. The molecule has 1 N–H and O–H groups in total. The summed E-state index contributed by atoms with van der Waals surface area (Å²) in [5.74, 6) is 1.98. The normalized spacial score (nSPS) is 12.8. The molecule has 1 aliphatic heterocycles. The van der Waals surface area contributed by atoms with Crippen molar-refractivity contribution in [3.63, 3.8) is 0 Å². The van der Waals surface area contributed by atoms with Crippen LogP contribution in [0, 0.1) is 0 Å². The van der Waals surface area contributed by atoms with Crippen LogP contribution in [0.25, 0.3) is 0 Å². The minimum atomic E-state index is -0.180. The van der Waals surface area contributed by atoms with Crippen molar-refractivity contribution in [3.8, 4) is 17.2 Å². The second kappa shape index (κ2) is 7.04. The number of carbonyl (C=O) groups is 1. The molecule has 3 rings (SSSR count). The van der Waals surface area contributed by atoms with Crippen LogP contribution in [0.5, 0.6) is 17.2 Å². The van der Waals surface area contributed by atoms with Gasteiger partial charge >= 0.3 is 0 Å². The molecular weight excluding hydrogens is 308 g/mol. The summed E-state index contributed by atoms with van der Waals surface area (Å²) in [5, 5.41) is 4.15. The second-order valence-corrected chi connectivity index (χ2v) is 5.33. The molecular formula is C18H18N2O4. The third-order valence-electron chi connectivity index (χ3n) is 3.66. The molecule has 1 amide bonds. The van der Waals surface area contributed by atoms with E-state index in [-0.39, 0.29) is 19.1 Å². The van der Waals surface area contributed by atoms with Gasteiger partial charge in [0.25, 0.3) is 0 Å². The third-order valence-corrected chi connectivity index (χ3v) is 3.66. The van der Waals surface area contributed by atoms with Gasteiger partial charge in [0.05, 0.1) is 19.2 Å². The molecule has 0 spiro atoms. The number of amides is 1. The van der Waals surface area contributed by atoms with Crippen molar-refractivity contribution < 1.29 is 19.0 Å². The highest BCUT2D eigenvalue weighted by molar-refractivity contribution is 5.99. The molecule has 0 saturated carbocycles. The highest BCUT2D eigenvalue weighted by atomic mass is 16.7. The SMILES string of the molecule is COc1ccc(CC(=O)NN=C(C)c2ccc3c(c2)OCO3)cc1. The van der Waals surface area contributed by atoms with Gasteiger partial charge in [-0.1, -0.05) is 12.1 Å². The van der Waals surface area contributed by atoms with E-state index in [1.165, 1.54) is 0 Å². The van der Waals surface area contributed by atoms with Crippen molar-refractivity contribution in [1.82, 2.24) is 5.43 Å². The molecule has 2 aromatic carbocycles. The maximum atomic E-state index is 12.0. The first kappa shape index (κ1) is 15.9. The smallest absolute Gasteiger partial charge is 0.244 e. The van der Waals surface area contributed by atoms with E-state index >= 15 is 0 Å². The van der Waals surface area contributed by atoms with Crippen molar-refractivity contribution in [3.05, 3.63) is 53.6 Å². The molecule has 1 aliphatic rings. The van der Waals surface area contributed by atoms with E-state index in [9.17, 15) is 4.79 Å². The van der Waals surface area contributed by atoms with E-state index in [0.717, 1.165) is 22.6 Å². The minimum absolute atomic E-state index is 0.180. The molecule has 0 radical (unpaired) electrons. The van der Waals surface area contributed by atoms with Gasteiger partial charge in [0.2, 0.25) is 12.7 Å². The van der Waals surface area contributed by atoms with Gasteiger partial charge in [0.15, 0.2) is 11.5 Å². The quantitative estimate of drug-likeness (QED) is 0.677. The Labute approximate surface area is 140 Å². The maximum absolute atomic E-state index is 12.0. The minimum Gasteiger partial charge on any atom is -0.497 e. The fourth-order valence-corrected chi connectivity index (χ4v) is 2.30. The number of rotatable bonds is 5. The molecule has 6 heteroatoms. The predicted molar refractivity (Wildman–Crippen MR) is 89.6 cm³/mol. The second-order valence-electron chi connectivity index (χ2n) is 5.33. The zero-order chi connectivity index (χ0) is 16.9. The molecule has 0 saturated heterocycles. The van der Waals surface area contributed by atoms with Crippen LogP contribution in [0.3, 0.4) is 0 Å². The molecule has 0 unspecified atom stereocenters. The van der Waals surface area contributed by atoms with Crippen LogP contribution in [-0.2, 0) is 11.2 Å². The van der Waals surface area contributed by atoms with Crippen molar-refractivity contribution >= 4 is 11.6 Å². The zero-order valence-electron chi connectivity index (χ0n) is 13.5. The van der Waals surface area contributed by atoms with E-state index < -0.39 is 0 Å². The first-order valence-corrected chi connectivity index (χ1v) is 7.52. The largest absolute Gasteiger partial charge is 0.497 e. The fourth-order valence-electron chi connectivity index (χ4n) is 2.30. The lowest BCUT2D eigenvalue weighted by Gasteiger charge is -2.05. The Morgan fingerprint density at radius 1 is 1.17 bits per heavy atom. The Bertz CT molecular complexity index is 769. The monoisotopic (exact) mass is 326 g/mol. The van der Waals surface area contributed by atoms with E-state index in [0.29, 0.717) is 11.5 Å². The van der Waals surface area contributed by atoms with E-state index in [1.54, 1.807) is 7.11 Å². The van der Waals surface area contributed by atoms with Crippen LogP contribution in [0.2, 0.25) is 0 Å². The maximum Gasteiger partial charge on any atom is 0.244 e. The summed E-state index contributed by atoms with van der Waals surface area (Å²) >= 11 is 0. The Balaban J connectivity index is 1.60. The van der Waals surface area contributed by atoms with Gasteiger partial charge in [-0.3, -0.25) is 4.79 Å². The van der Waals surface area contributed by atoms with Crippen LogP contribution in [0.4, 0.5) is 0 Å². The molecule has 0 aliphatic carbocycles. The number of methoxy groups -OCH3 is 1. The molecule has 0 fully saturated rings. The number of hydrogen-bond acceptors (Lipinski definition) is 5. The van der Waals surface area contributed by atoms with Crippen molar-refractivity contribution in [1.29, 1.82) is 0 Å². The van der Waals surface area contributed by atoms with Crippen molar-refractivity contribution in [2.45, 2.75) is 13.3 Å². The molecule has 1 heterocycles. The number of nitrogens with one attached hydrogen (secondary N) is 1. The first-order valence-electron chi connectivity index (χ1n) is 7.52. The topological polar surface area (TPSA) is 69.2 Å². The van der Waals surface area contributed by atoms with Gasteiger partial charge in [0.1, 0.15) is 5.75 Å². The van der Waals surface area contributed by atoms with Gasteiger partial charge < -0.3 is 14.2 Å². The fraction of sp³-hybridized carbons (Fsp3) is 0.222. The number of ether oxygens (including phenoxy) is 3. The van der Waals surface area contributed by atoms with E-state index in [1.807, 2.05) is 49.4 Å². The first-order chi connectivity index (χ1) is 11.7. The van der Waals surface area contributed by atoms with Crippen molar-refractivity contribution in [2.75, 3.05) is 13.9 Å². The summed E-state index contributed by atoms with van der Waals surface area (Å²) < 4.78 is 15.7. The number of fused-ring (bicyclic) bond motifs is 1. The number of hydrazone groups is 1. The van der Waals surface area contributed by atoms with Crippen LogP contribution in [0.1, 0.15) is 18.1 Å². The molecule has 0 atom stereocenters. The molecule has 24 heavy (non-hydrogen) atoms. The highest BCUT2D eigenvalue weighted by Crippen LogP contribution is 2.32. The number of nitrogens with zero attached hydrogens (tertiary/aromatic N) is 1. The van der Waals surface area contributed by atoms with Crippen LogP contribution in [0.15, 0.2) is 47.6 Å². The van der Waals surface area contributed by atoms with Gasteiger partial charge in [-0.15, -0.1) is 0 Å². The standard InChI is InChI=1S/C18H18N2O4/c1-12(14-5-8-16-17(10-14)24-11-23-16)19-20-18(21)9-13-3-6-15(22-2)7-4-13/h3-8,10H,9,11H2,1-2H3,(H,20,21). The molecule has 0 bridgehead atoms. The van der Waals surface area contributed by atoms with Gasteiger partial charge in [-0.2, -0.15) is 5.10 Å². The Morgan fingerprint density at radius 3 is 2.67 bits per heavy atom. The predicted octanol–water partition coefficient (Wildman–Crippen LogP) is 2.51. The summed E-state index contributed by atoms with van der Waals surface area (Å²) in [7, 11) is 1.61. The lowest BCUT2D eigenvalue weighted by atomic mass is 10.1. The summed E-state index contributed by atoms with van der Waals surface area (Å²) in [6, 6.07) is 12.9.